The molecule has 0 aromatic heterocycles. The second-order valence-corrected chi connectivity index (χ2v) is 4.61. The summed E-state index contributed by atoms with van der Waals surface area (Å²) in [6.45, 7) is 14.2. The Bertz CT molecular complexity index is 119. The third-order valence-corrected chi connectivity index (χ3v) is 4.87. The molecule has 0 heteroatoms. The molecule has 0 spiro atoms. The highest BCUT2D eigenvalue weighted by Crippen LogP contribution is 2.51. The zero-order valence-corrected chi connectivity index (χ0v) is 10.5. The number of rotatable bonds is 6. The van der Waals surface area contributed by atoms with E-state index >= 15 is 0 Å². The van der Waals surface area contributed by atoms with Crippen molar-refractivity contribution < 1.29 is 0 Å². The summed E-state index contributed by atoms with van der Waals surface area (Å²) in [5, 5.41) is 0. The van der Waals surface area contributed by atoms with Crippen molar-refractivity contribution in [2.24, 2.45) is 10.8 Å². The fourth-order valence-electron chi connectivity index (χ4n) is 3.03. The van der Waals surface area contributed by atoms with E-state index in [1.807, 2.05) is 0 Å². The molecule has 0 aliphatic heterocycles. The van der Waals surface area contributed by atoms with Gasteiger partial charge >= 0.3 is 0 Å². The predicted octanol–water partition coefficient (Wildman–Crippen LogP) is 5.03. The third-order valence-electron chi connectivity index (χ3n) is 4.87. The van der Waals surface area contributed by atoms with Crippen LogP contribution in [-0.4, -0.2) is 0 Å². The quantitative estimate of drug-likeness (QED) is 0.543. The predicted molar refractivity (Wildman–Crippen MR) is 62.0 cm³/mol. The van der Waals surface area contributed by atoms with Crippen LogP contribution in [0, 0.1) is 10.8 Å². The monoisotopic (exact) mass is 184 g/mol. The Hall–Kier alpha value is 0. The highest BCUT2D eigenvalue weighted by atomic mass is 14.5. The molecule has 0 atom stereocenters. The summed E-state index contributed by atoms with van der Waals surface area (Å²) in [5.41, 5.74) is 1.13. The minimum absolute atomic E-state index is 0.547. The van der Waals surface area contributed by atoms with Crippen LogP contribution in [0.4, 0.5) is 0 Å². The van der Waals surface area contributed by atoms with E-state index in [1.54, 1.807) is 0 Å². The fraction of sp³-hybridized carbons (Fsp3) is 1.00. The van der Waals surface area contributed by atoms with E-state index in [0.717, 1.165) is 0 Å². The second kappa shape index (κ2) is 5.02. The molecule has 0 heterocycles. The first-order valence-corrected chi connectivity index (χ1v) is 6.05. The molecule has 0 aliphatic rings. The van der Waals surface area contributed by atoms with Crippen molar-refractivity contribution in [1.29, 1.82) is 0 Å². The summed E-state index contributed by atoms with van der Waals surface area (Å²) in [7, 11) is 0. The Kier molecular flexibility index (Phi) is 5.02. The zero-order chi connectivity index (χ0) is 10.5. The van der Waals surface area contributed by atoms with Crippen LogP contribution >= 0.6 is 0 Å². The van der Waals surface area contributed by atoms with Gasteiger partial charge in [-0.3, -0.25) is 0 Å². The largest absolute Gasteiger partial charge is 0.0648 e. The molecule has 0 aromatic rings. The molecular weight excluding hydrogens is 156 g/mol. The van der Waals surface area contributed by atoms with E-state index in [4.69, 9.17) is 0 Å². The van der Waals surface area contributed by atoms with Gasteiger partial charge in [0.2, 0.25) is 0 Å². The molecule has 0 saturated carbocycles. The van der Waals surface area contributed by atoms with Crippen molar-refractivity contribution in [3.63, 3.8) is 0 Å². The Balaban J connectivity index is 4.87. The summed E-state index contributed by atoms with van der Waals surface area (Å²) in [5.74, 6) is 0. The Labute approximate surface area is 85.1 Å². The smallest absolute Gasteiger partial charge is 0.0252 e. The molecule has 0 amide bonds. The highest BCUT2D eigenvalue weighted by molar-refractivity contribution is 4.91. The van der Waals surface area contributed by atoms with Crippen LogP contribution in [0.5, 0.6) is 0 Å². The summed E-state index contributed by atoms with van der Waals surface area (Å²) < 4.78 is 0. The first-order chi connectivity index (χ1) is 6.05. The Morgan fingerprint density at radius 3 is 1.00 bits per heavy atom. The average molecular weight is 184 g/mol. The van der Waals surface area contributed by atoms with Crippen molar-refractivity contribution in [2.45, 2.75) is 73.6 Å². The lowest BCUT2D eigenvalue weighted by Crippen LogP contribution is -2.37. The van der Waals surface area contributed by atoms with E-state index in [9.17, 15) is 0 Å². The van der Waals surface area contributed by atoms with Crippen LogP contribution in [0.1, 0.15) is 73.6 Å². The van der Waals surface area contributed by atoms with Crippen LogP contribution in [0.2, 0.25) is 0 Å². The molecule has 0 bridgehead atoms. The van der Waals surface area contributed by atoms with Crippen molar-refractivity contribution in [3.05, 3.63) is 0 Å². The summed E-state index contributed by atoms with van der Waals surface area (Å²) in [4.78, 5) is 0. The molecule has 13 heavy (non-hydrogen) atoms. The highest BCUT2D eigenvalue weighted by Gasteiger charge is 2.41. The standard InChI is InChI=1S/C13H28/c1-7-12(6,8-2)13(9-3,10-4)11-5/h7-11H2,1-6H3. The van der Waals surface area contributed by atoms with Crippen molar-refractivity contribution >= 4 is 0 Å². The molecule has 0 rings (SSSR count). The van der Waals surface area contributed by atoms with Gasteiger partial charge in [0.1, 0.15) is 0 Å². The van der Waals surface area contributed by atoms with Crippen LogP contribution in [0.25, 0.3) is 0 Å². The molecule has 0 saturated heterocycles. The summed E-state index contributed by atoms with van der Waals surface area (Å²) in [6.07, 6.45) is 6.63. The minimum atomic E-state index is 0.547. The van der Waals surface area contributed by atoms with Crippen LogP contribution in [0.15, 0.2) is 0 Å². The van der Waals surface area contributed by atoms with Gasteiger partial charge in [-0.1, -0.05) is 54.4 Å². The van der Waals surface area contributed by atoms with Crippen molar-refractivity contribution in [1.82, 2.24) is 0 Å². The van der Waals surface area contributed by atoms with E-state index in [1.165, 1.54) is 32.1 Å². The van der Waals surface area contributed by atoms with Gasteiger partial charge in [0.05, 0.1) is 0 Å². The van der Waals surface area contributed by atoms with E-state index < -0.39 is 0 Å². The second-order valence-electron chi connectivity index (χ2n) is 4.61. The molecule has 0 nitrogen and oxygen atoms in total. The van der Waals surface area contributed by atoms with Gasteiger partial charge < -0.3 is 0 Å². The maximum Gasteiger partial charge on any atom is -0.0252 e. The first-order valence-electron chi connectivity index (χ1n) is 6.05. The topological polar surface area (TPSA) is 0 Å². The van der Waals surface area contributed by atoms with Crippen LogP contribution in [-0.2, 0) is 0 Å². The fourth-order valence-corrected chi connectivity index (χ4v) is 3.03. The molecule has 0 unspecified atom stereocenters. The lowest BCUT2D eigenvalue weighted by Gasteiger charge is -2.48. The molecule has 0 aromatic carbocycles. The minimum Gasteiger partial charge on any atom is -0.0648 e. The van der Waals surface area contributed by atoms with Crippen LogP contribution < -0.4 is 0 Å². The van der Waals surface area contributed by atoms with Gasteiger partial charge in [0.15, 0.2) is 0 Å². The zero-order valence-electron chi connectivity index (χ0n) is 10.5. The number of hydrogen-bond acceptors (Lipinski definition) is 0. The molecular formula is C13H28. The van der Waals surface area contributed by atoms with Gasteiger partial charge in [-0.15, -0.1) is 0 Å². The normalized spacial score (nSPS) is 13.4. The van der Waals surface area contributed by atoms with Gasteiger partial charge in [-0.2, -0.15) is 0 Å². The van der Waals surface area contributed by atoms with Gasteiger partial charge in [0, 0.05) is 0 Å². The van der Waals surface area contributed by atoms with E-state index in [-0.39, 0.29) is 0 Å². The van der Waals surface area contributed by atoms with E-state index in [0.29, 0.717) is 10.8 Å². The van der Waals surface area contributed by atoms with Gasteiger partial charge in [-0.25, -0.2) is 0 Å². The SMILES string of the molecule is CCC(C)(CC)C(CC)(CC)CC. The average Bonchev–Trinajstić information content (AvgIpc) is 2.20. The number of hydrogen-bond donors (Lipinski definition) is 0. The third kappa shape index (κ3) is 2.08. The lowest BCUT2D eigenvalue weighted by molar-refractivity contribution is 0.0266. The molecule has 0 fully saturated rings. The molecule has 0 radical (unpaired) electrons. The van der Waals surface area contributed by atoms with Gasteiger partial charge in [-0.05, 0) is 30.1 Å². The van der Waals surface area contributed by atoms with Crippen molar-refractivity contribution in [2.75, 3.05) is 0 Å². The summed E-state index contributed by atoms with van der Waals surface area (Å²) >= 11 is 0. The maximum absolute atomic E-state index is 2.48. The van der Waals surface area contributed by atoms with E-state index in [2.05, 4.69) is 41.5 Å². The first kappa shape index (κ1) is 13.0. The Morgan fingerprint density at radius 2 is 0.923 bits per heavy atom. The molecule has 0 aliphatic carbocycles. The Morgan fingerprint density at radius 1 is 0.615 bits per heavy atom. The van der Waals surface area contributed by atoms with Gasteiger partial charge in [0.25, 0.3) is 0 Å². The molecule has 80 valence electrons. The van der Waals surface area contributed by atoms with Crippen molar-refractivity contribution in [3.8, 4) is 0 Å². The lowest BCUT2D eigenvalue weighted by atomic mass is 9.57. The summed E-state index contributed by atoms with van der Waals surface area (Å²) in [6, 6.07) is 0. The van der Waals surface area contributed by atoms with Crippen LogP contribution in [0.3, 0.4) is 0 Å². The maximum atomic E-state index is 2.48. The molecule has 0 N–H and O–H groups in total.